The number of benzene rings is 1. The first kappa shape index (κ1) is 24.8. The monoisotopic (exact) mass is 503 g/mol. The molecule has 2 amide bonds. The van der Waals surface area contributed by atoms with E-state index in [0.29, 0.717) is 50.1 Å². The number of ether oxygens (including phenoxy) is 1. The maximum atomic E-state index is 12.9. The van der Waals surface area contributed by atoms with E-state index in [4.69, 9.17) is 4.74 Å². The molecular formula is C24H33N5O3S2. The summed E-state index contributed by atoms with van der Waals surface area (Å²) in [6.45, 7) is 5.53. The van der Waals surface area contributed by atoms with Crippen LogP contribution in [0.2, 0.25) is 0 Å². The van der Waals surface area contributed by atoms with Crippen LogP contribution in [-0.4, -0.2) is 71.5 Å². The van der Waals surface area contributed by atoms with Crippen LogP contribution in [0.25, 0.3) is 0 Å². The third kappa shape index (κ3) is 6.85. The highest BCUT2D eigenvalue weighted by Gasteiger charge is 2.24. The van der Waals surface area contributed by atoms with Gasteiger partial charge < -0.3 is 19.9 Å². The molecule has 1 saturated heterocycles. The topological polar surface area (TPSA) is 87.7 Å². The van der Waals surface area contributed by atoms with E-state index in [2.05, 4.69) is 27.3 Å². The van der Waals surface area contributed by atoms with Crippen LogP contribution in [-0.2, 0) is 4.79 Å². The molecule has 10 heteroatoms. The van der Waals surface area contributed by atoms with Gasteiger partial charge in [0.1, 0.15) is 5.75 Å². The van der Waals surface area contributed by atoms with Gasteiger partial charge in [-0.3, -0.25) is 9.59 Å². The van der Waals surface area contributed by atoms with Crippen molar-refractivity contribution in [1.82, 2.24) is 20.4 Å². The summed E-state index contributed by atoms with van der Waals surface area (Å²) in [7, 11) is 0. The van der Waals surface area contributed by atoms with Crippen LogP contribution >= 0.6 is 23.1 Å². The molecule has 8 nitrogen and oxygen atoms in total. The second-order valence-electron chi connectivity index (χ2n) is 8.69. The lowest BCUT2D eigenvalue weighted by Gasteiger charge is -2.34. The van der Waals surface area contributed by atoms with Crippen molar-refractivity contribution < 1.29 is 14.3 Å². The van der Waals surface area contributed by atoms with Gasteiger partial charge in [-0.15, -0.1) is 10.2 Å². The number of carbonyl (C=O) groups excluding carboxylic acids is 2. The average molecular weight is 504 g/mol. The van der Waals surface area contributed by atoms with E-state index in [-0.39, 0.29) is 11.8 Å². The summed E-state index contributed by atoms with van der Waals surface area (Å²) in [6.07, 6.45) is 6.71. The van der Waals surface area contributed by atoms with Crippen LogP contribution in [0.5, 0.6) is 5.75 Å². The first-order valence-electron chi connectivity index (χ1n) is 12.1. The summed E-state index contributed by atoms with van der Waals surface area (Å²) in [4.78, 5) is 29.1. The van der Waals surface area contributed by atoms with Gasteiger partial charge in [-0.05, 0) is 43.5 Å². The number of rotatable bonds is 10. The number of nitrogens with zero attached hydrogens (tertiary/aromatic N) is 4. The Labute approximate surface area is 209 Å². The number of thioether (sulfide) groups is 1. The van der Waals surface area contributed by atoms with Crippen molar-refractivity contribution in [3.05, 3.63) is 29.8 Å². The lowest BCUT2D eigenvalue weighted by Crippen LogP contribution is -2.48. The molecule has 0 bridgehead atoms. The quantitative estimate of drug-likeness (QED) is 0.389. The number of aromatic nitrogens is 2. The minimum absolute atomic E-state index is 0.0431. The first-order valence-corrected chi connectivity index (χ1v) is 14.0. The molecule has 0 spiro atoms. The van der Waals surface area contributed by atoms with Crippen LogP contribution < -0.4 is 15.0 Å². The van der Waals surface area contributed by atoms with E-state index in [1.54, 1.807) is 0 Å². The fraction of sp³-hybridized carbons (Fsp3) is 0.583. The predicted octanol–water partition coefficient (Wildman–Crippen LogP) is 3.83. The van der Waals surface area contributed by atoms with E-state index >= 15 is 0 Å². The van der Waals surface area contributed by atoms with Gasteiger partial charge in [0.25, 0.3) is 5.91 Å². The fourth-order valence-corrected chi connectivity index (χ4v) is 5.87. The minimum Gasteiger partial charge on any atom is -0.494 e. The number of anilines is 1. The number of carbonyl (C=O) groups is 2. The molecule has 1 aromatic carbocycles. The van der Waals surface area contributed by atoms with Crippen LogP contribution in [0.3, 0.4) is 0 Å². The van der Waals surface area contributed by atoms with Crippen LogP contribution in [0.4, 0.5) is 5.13 Å². The average Bonchev–Trinajstić information content (AvgIpc) is 3.55. The summed E-state index contributed by atoms with van der Waals surface area (Å²) in [5, 5.41) is 12.5. The number of piperazine rings is 1. The molecule has 2 aromatic rings. The van der Waals surface area contributed by atoms with Crippen molar-refractivity contribution in [3.63, 3.8) is 0 Å². The summed E-state index contributed by atoms with van der Waals surface area (Å²) in [6, 6.07) is 7.76. The number of amides is 2. The lowest BCUT2D eigenvalue weighted by atomic mass is 10.1. The van der Waals surface area contributed by atoms with Crippen molar-refractivity contribution in [2.75, 3.05) is 43.4 Å². The summed E-state index contributed by atoms with van der Waals surface area (Å²) >= 11 is 2.95. The number of hydrogen-bond acceptors (Lipinski definition) is 8. The maximum absolute atomic E-state index is 12.9. The molecule has 34 heavy (non-hydrogen) atoms. The Morgan fingerprint density at radius 2 is 1.85 bits per heavy atom. The SMILES string of the molecule is CCCCOc1ccc(C(=O)N2CCN(c3nnc(SCC(=O)NC4CCCC4)s3)CC2)cc1. The Morgan fingerprint density at radius 1 is 1.12 bits per heavy atom. The van der Waals surface area contributed by atoms with Gasteiger partial charge in [0.15, 0.2) is 4.34 Å². The molecule has 1 aromatic heterocycles. The molecule has 0 atom stereocenters. The molecule has 2 heterocycles. The Morgan fingerprint density at radius 3 is 2.56 bits per heavy atom. The van der Waals surface area contributed by atoms with Gasteiger partial charge in [0.05, 0.1) is 12.4 Å². The zero-order chi connectivity index (χ0) is 23.8. The minimum atomic E-state index is 0.0431. The second kappa shape index (κ2) is 12.4. The van der Waals surface area contributed by atoms with Crippen molar-refractivity contribution in [2.45, 2.75) is 55.8 Å². The summed E-state index contributed by atoms with van der Waals surface area (Å²) in [5.41, 5.74) is 0.682. The maximum Gasteiger partial charge on any atom is 0.253 e. The molecule has 2 fully saturated rings. The highest BCUT2D eigenvalue weighted by atomic mass is 32.2. The molecule has 0 unspecified atom stereocenters. The molecule has 1 N–H and O–H groups in total. The summed E-state index contributed by atoms with van der Waals surface area (Å²) < 4.78 is 6.49. The normalized spacial score (nSPS) is 16.6. The van der Waals surface area contributed by atoms with E-state index in [0.717, 1.165) is 40.9 Å². The van der Waals surface area contributed by atoms with Gasteiger partial charge in [0, 0.05) is 37.8 Å². The fourth-order valence-electron chi connectivity index (χ4n) is 4.17. The molecule has 4 rings (SSSR count). The molecule has 1 aliphatic heterocycles. The smallest absolute Gasteiger partial charge is 0.253 e. The third-order valence-corrected chi connectivity index (χ3v) is 8.27. The first-order chi connectivity index (χ1) is 16.6. The van der Waals surface area contributed by atoms with Crippen LogP contribution in [0, 0.1) is 0 Å². The Balaban J connectivity index is 1.21. The molecule has 2 aliphatic rings. The lowest BCUT2D eigenvalue weighted by molar-refractivity contribution is -0.119. The molecule has 184 valence electrons. The van der Waals surface area contributed by atoms with Gasteiger partial charge in [-0.25, -0.2) is 0 Å². The standard InChI is InChI=1S/C24H33N5O3S2/c1-2-3-16-32-20-10-8-18(9-11-20)22(31)28-12-14-29(15-13-28)23-26-27-24(34-23)33-17-21(30)25-19-6-4-5-7-19/h8-11,19H,2-7,12-17H2,1H3,(H,25,30). The largest absolute Gasteiger partial charge is 0.494 e. The van der Waals surface area contributed by atoms with E-state index in [9.17, 15) is 9.59 Å². The van der Waals surface area contributed by atoms with E-state index in [1.165, 1.54) is 35.9 Å². The molecule has 1 saturated carbocycles. The predicted molar refractivity (Wildman–Crippen MR) is 136 cm³/mol. The Hall–Kier alpha value is -2.33. The zero-order valence-electron chi connectivity index (χ0n) is 19.7. The molecular weight excluding hydrogens is 470 g/mol. The number of hydrogen-bond donors (Lipinski definition) is 1. The van der Waals surface area contributed by atoms with Crippen LogP contribution in [0.15, 0.2) is 28.6 Å². The van der Waals surface area contributed by atoms with Gasteiger partial charge >= 0.3 is 0 Å². The Kier molecular flexibility index (Phi) is 9.04. The van der Waals surface area contributed by atoms with E-state index in [1.807, 2.05) is 29.2 Å². The van der Waals surface area contributed by atoms with Crippen molar-refractivity contribution in [3.8, 4) is 5.75 Å². The number of unbranched alkanes of at least 4 members (excludes halogenated alkanes) is 1. The highest BCUT2D eigenvalue weighted by Crippen LogP contribution is 2.29. The highest BCUT2D eigenvalue weighted by molar-refractivity contribution is 8.01. The zero-order valence-corrected chi connectivity index (χ0v) is 21.3. The summed E-state index contributed by atoms with van der Waals surface area (Å²) in [5.74, 6) is 1.29. The van der Waals surface area contributed by atoms with Crippen molar-refractivity contribution in [2.24, 2.45) is 0 Å². The van der Waals surface area contributed by atoms with Crippen LogP contribution in [0.1, 0.15) is 55.8 Å². The third-order valence-electron chi connectivity index (χ3n) is 6.15. The van der Waals surface area contributed by atoms with Gasteiger partial charge in [-0.1, -0.05) is 49.3 Å². The van der Waals surface area contributed by atoms with Gasteiger partial charge in [0.2, 0.25) is 11.0 Å². The van der Waals surface area contributed by atoms with Crippen molar-refractivity contribution in [1.29, 1.82) is 0 Å². The van der Waals surface area contributed by atoms with Gasteiger partial charge in [-0.2, -0.15) is 0 Å². The Bertz CT molecular complexity index is 938. The van der Waals surface area contributed by atoms with Crippen molar-refractivity contribution >= 4 is 40.0 Å². The molecule has 0 radical (unpaired) electrons. The molecule has 1 aliphatic carbocycles. The van der Waals surface area contributed by atoms with E-state index < -0.39 is 0 Å². The second-order valence-corrected chi connectivity index (χ2v) is 10.9. The number of nitrogens with one attached hydrogen (secondary N) is 1.